The lowest BCUT2D eigenvalue weighted by atomic mass is 9.94. The molecule has 1 nitrogen and oxygen atoms in total. The molecule has 10 rings (SSSR count). The molecule has 0 aliphatic heterocycles. The number of hydrogen-bond acceptors (Lipinski definition) is 1. The van der Waals surface area contributed by atoms with E-state index in [2.05, 4.69) is 144 Å². The van der Waals surface area contributed by atoms with Crippen molar-refractivity contribution in [3.8, 4) is 5.69 Å². The van der Waals surface area contributed by atoms with Gasteiger partial charge in [-0.25, -0.2) is 0 Å². The summed E-state index contributed by atoms with van der Waals surface area (Å²) in [5.74, 6) is 0. The zero-order chi connectivity index (χ0) is 27.4. The van der Waals surface area contributed by atoms with E-state index in [9.17, 15) is 0 Å². The van der Waals surface area contributed by atoms with E-state index in [-0.39, 0.29) is 0 Å². The van der Waals surface area contributed by atoms with Gasteiger partial charge in [0.25, 0.3) is 0 Å². The molecule has 2 heteroatoms. The SMILES string of the molecule is c1ccc2cc(-n3c4c5ccccc5c5ccccc5c4c4c5ccccc5c5sc6ccccc6c5c43)ccc2c1. The highest BCUT2D eigenvalue weighted by atomic mass is 32.1. The predicted molar refractivity (Wildman–Crippen MR) is 184 cm³/mol. The highest BCUT2D eigenvalue weighted by Crippen LogP contribution is 2.50. The quantitative estimate of drug-likeness (QED) is 0.179. The fourth-order valence-electron chi connectivity index (χ4n) is 7.39. The number of benzene rings is 8. The molecule has 0 atom stereocenters. The standard InChI is InChI=1S/C40H23NS/c1-2-12-25-23-26(22-21-24(25)11-1)41-38-31-17-7-4-14-28(31)27-13-3-5-15-29(27)35(38)36-30-16-6-8-18-32(30)40-37(39(36)41)33-19-9-10-20-34(33)42-40/h1-23H. The molecule has 0 fully saturated rings. The second kappa shape index (κ2) is 8.19. The molecule has 0 saturated heterocycles. The van der Waals surface area contributed by atoms with E-state index in [0.29, 0.717) is 0 Å². The fraction of sp³-hybridized carbons (Fsp3) is 0. The highest BCUT2D eigenvalue weighted by molar-refractivity contribution is 7.27. The average Bonchev–Trinajstić information content (AvgIpc) is 3.62. The van der Waals surface area contributed by atoms with E-state index in [4.69, 9.17) is 0 Å². The van der Waals surface area contributed by atoms with E-state index in [1.54, 1.807) is 0 Å². The maximum Gasteiger partial charge on any atom is 0.0641 e. The average molecular weight is 550 g/mol. The third kappa shape index (κ3) is 2.82. The van der Waals surface area contributed by atoms with Gasteiger partial charge < -0.3 is 4.57 Å². The number of nitrogens with zero attached hydrogens (tertiary/aromatic N) is 1. The molecule has 0 bridgehead atoms. The highest BCUT2D eigenvalue weighted by Gasteiger charge is 2.24. The molecule has 0 saturated carbocycles. The van der Waals surface area contributed by atoms with Crippen LogP contribution >= 0.6 is 11.3 Å². The Hall–Kier alpha value is -5.18. The molecular formula is C40H23NS. The molecule has 0 aliphatic rings. The maximum atomic E-state index is 2.58. The van der Waals surface area contributed by atoms with Crippen LogP contribution in [0.4, 0.5) is 0 Å². The summed E-state index contributed by atoms with van der Waals surface area (Å²) < 4.78 is 5.27. The van der Waals surface area contributed by atoms with Gasteiger partial charge in [-0.2, -0.15) is 0 Å². The van der Waals surface area contributed by atoms with E-state index in [0.717, 1.165) is 0 Å². The van der Waals surface area contributed by atoms with Crippen LogP contribution in [-0.4, -0.2) is 4.57 Å². The van der Waals surface area contributed by atoms with E-state index in [1.807, 2.05) is 11.3 Å². The second-order valence-electron chi connectivity index (χ2n) is 11.3. The molecule has 10 aromatic rings. The van der Waals surface area contributed by atoms with Crippen molar-refractivity contribution in [3.05, 3.63) is 140 Å². The van der Waals surface area contributed by atoms with Crippen molar-refractivity contribution in [1.29, 1.82) is 0 Å². The Bertz CT molecular complexity index is 2740. The van der Waals surface area contributed by atoms with Gasteiger partial charge in [-0.1, -0.05) is 121 Å². The minimum atomic E-state index is 1.20. The molecule has 0 unspecified atom stereocenters. The van der Waals surface area contributed by atoms with E-state index in [1.165, 1.54) is 90.8 Å². The lowest BCUT2D eigenvalue weighted by molar-refractivity contribution is 1.20. The summed E-state index contributed by atoms with van der Waals surface area (Å²) in [5.41, 5.74) is 3.77. The van der Waals surface area contributed by atoms with Gasteiger partial charge in [0.2, 0.25) is 0 Å². The van der Waals surface area contributed by atoms with Crippen molar-refractivity contribution in [1.82, 2.24) is 4.57 Å². The summed E-state index contributed by atoms with van der Waals surface area (Å²) in [5, 5.41) is 15.7. The normalized spacial score (nSPS) is 12.3. The Morgan fingerprint density at radius 1 is 0.381 bits per heavy atom. The molecule has 0 amide bonds. The van der Waals surface area contributed by atoms with Crippen LogP contribution in [0.2, 0.25) is 0 Å². The smallest absolute Gasteiger partial charge is 0.0641 e. The van der Waals surface area contributed by atoms with Crippen LogP contribution in [0.3, 0.4) is 0 Å². The van der Waals surface area contributed by atoms with Crippen LogP contribution in [0.1, 0.15) is 0 Å². The first kappa shape index (κ1) is 22.5. The molecule has 2 aromatic heterocycles. The molecular weight excluding hydrogens is 527 g/mol. The maximum absolute atomic E-state index is 2.58. The summed E-state index contributed by atoms with van der Waals surface area (Å²) in [6.45, 7) is 0. The van der Waals surface area contributed by atoms with Crippen molar-refractivity contribution in [2.75, 3.05) is 0 Å². The Balaban J connectivity index is 1.62. The van der Waals surface area contributed by atoms with Crippen molar-refractivity contribution in [2.45, 2.75) is 0 Å². The molecule has 0 spiro atoms. The number of aromatic nitrogens is 1. The lowest BCUT2D eigenvalue weighted by Gasteiger charge is -2.13. The monoisotopic (exact) mass is 549 g/mol. The molecule has 2 heterocycles. The number of thiophene rings is 1. The summed E-state index contributed by atoms with van der Waals surface area (Å²) in [6, 6.07) is 51.5. The Labute approximate surface area is 245 Å². The van der Waals surface area contributed by atoms with Crippen LogP contribution < -0.4 is 0 Å². The zero-order valence-corrected chi connectivity index (χ0v) is 23.5. The lowest BCUT2D eigenvalue weighted by Crippen LogP contribution is -1.95. The van der Waals surface area contributed by atoms with Gasteiger partial charge >= 0.3 is 0 Å². The third-order valence-corrected chi connectivity index (χ3v) is 10.3. The van der Waals surface area contributed by atoms with E-state index < -0.39 is 0 Å². The molecule has 0 N–H and O–H groups in total. The van der Waals surface area contributed by atoms with Crippen molar-refractivity contribution in [2.24, 2.45) is 0 Å². The Kier molecular flexibility index (Phi) is 4.39. The number of rotatable bonds is 1. The first-order chi connectivity index (χ1) is 20.9. The molecule has 194 valence electrons. The van der Waals surface area contributed by atoms with Gasteiger partial charge in [-0.15, -0.1) is 11.3 Å². The van der Waals surface area contributed by atoms with Crippen molar-refractivity contribution >= 4 is 96.4 Å². The Morgan fingerprint density at radius 3 is 1.71 bits per heavy atom. The molecule has 0 radical (unpaired) electrons. The van der Waals surface area contributed by atoms with Gasteiger partial charge in [0.05, 0.1) is 11.0 Å². The second-order valence-corrected chi connectivity index (χ2v) is 12.3. The number of hydrogen-bond donors (Lipinski definition) is 0. The molecule has 8 aromatic carbocycles. The van der Waals surface area contributed by atoms with E-state index >= 15 is 0 Å². The molecule has 42 heavy (non-hydrogen) atoms. The first-order valence-corrected chi connectivity index (χ1v) is 15.3. The predicted octanol–water partition coefficient (Wildman–Crippen LogP) is 11.8. The first-order valence-electron chi connectivity index (χ1n) is 14.5. The third-order valence-electron chi connectivity index (χ3n) is 9.10. The van der Waals surface area contributed by atoms with Crippen LogP contribution in [0.25, 0.3) is 90.8 Å². The van der Waals surface area contributed by atoms with Gasteiger partial charge in [-0.3, -0.25) is 0 Å². The van der Waals surface area contributed by atoms with Crippen molar-refractivity contribution < 1.29 is 0 Å². The summed E-state index contributed by atoms with van der Waals surface area (Å²) >= 11 is 1.92. The summed E-state index contributed by atoms with van der Waals surface area (Å²) in [6.07, 6.45) is 0. The topological polar surface area (TPSA) is 4.93 Å². The Morgan fingerprint density at radius 2 is 0.929 bits per heavy atom. The minimum Gasteiger partial charge on any atom is -0.308 e. The number of fused-ring (bicyclic) bond motifs is 16. The minimum absolute atomic E-state index is 1.20. The van der Waals surface area contributed by atoms with Crippen LogP contribution in [-0.2, 0) is 0 Å². The van der Waals surface area contributed by atoms with Crippen LogP contribution in [0, 0.1) is 0 Å². The van der Waals surface area contributed by atoms with Gasteiger partial charge in [-0.05, 0) is 50.5 Å². The van der Waals surface area contributed by atoms with Crippen LogP contribution in [0.5, 0.6) is 0 Å². The van der Waals surface area contributed by atoms with Crippen molar-refractivity contribution in [3.63, 3.8) is 0 Å². The van der Waals surface area contributed by atoms with Gasteiger partial charge in [0, 0.05) is 47.4 Å². The summed E-state index contributed by atoms with van der Waals surface area (Å²) in [4.78, 5) is 0. The summed E-state index contributed by atoms with van der Waals surface area (Å²) in [7, 11) is 0. The van der Waals surface area contributed by atoms with Gasteiger partial charge in [0.15, 0.2) is 0 Å². The molecule has 0 aliphatic carbocycles. The largest absolute Gasteiger partial charge is 0.308 e. The van der Waals surface area contributed by atoms with Crippen LogP contribution in [0.15, 0.2) is 140 Å². The van der Waals surface area contributed by atoms with Gasteiger partial charge in [0.1, 0.15) is 0 Å². The fourth-order valence-corrected chi connectivity index (χ4v) is 8.64. The zero-order valence-electron chi connectivity index (χ0n) is 22.6.